The SMILES string of the molecule is CC(C)(C)CC(=O)NCC(=O)Nc1scnc1-c1ccc(F)cc1. The first-order chi connectivity index (χ1) is 11.2. The fourth-order valence-electron chi connectivity index (χ4n) is 2.04. The minimum atomic E-state index is -0.332. The van der Waals surface area contributed by atoms with Gasteiger partial charge in [0.1, 0.15) is 16.5 Å². The molecule has 2 rings (SSSR count). The third kappa shape index (κ3) is 5.42. The van der Waals surface area contributed by atoms with Gasteiger partial charge < -0.3 is 10.6 Å². The van der Waals surface area contributed by atoms with E-state index in [1.807, 2.05) is 20.8 Å². The monoisotopic (exact) mass is 349 g/mol. The molecule has 0 radical (unpaired) electrons. The Balaban J connectivity index is 1.95. The molecule has 0 saturated carbocycles. The number of hydrogen-bond donors (Lipinski definition) is 2. The smallest absolute Gasteiger partial charge is 0.244 e. The molecule has 0 aliphatic heterocycles. The largest absolute Gasteiger partial charge is 0.347 e. The maximum atomic E-state index is 13.0. The predicted octanol–water partition coefficient (Wildman–Crippen LogP) is 3.44. The lowest BCUT2D eigenvalue weighted by molar-refractivity contribution is -0.125. The van der Waals surface area contributed by atoms with Crippen LogP contribution in [0.2, 0.25) is 0 Å². The number of thiazole rings is 1. The number of anilines is 1. The number of amides is 2. The van der Waals surface area contributed by atoms with Crippen LogP contribution in [0.4, 0.5) is 9.39 Å². The van der Waals surface area contributed by atoms with Crippen LogP contribution in [0.15, 0.2) is 29.8 Å². The van der Waals surface area contributed by atoms with Crippen molar-refractivity contribution < 1.29 is 14.0 Å². The molecule has 0 saturated heterocycles. The van der Waals surface area contributed by atoms with Crippen LogP contribution >= 0.6 is 11.3 Å². The molecule has 1 aromatic heterocycles. The molecule has 128 valence electrons. The summed E-state index contributed by atoms with van der Waals surface area (Å²) in [7, 11) is 0. The number of halogens is 1. The first kappa shape index (κ1) is 18.1. The van der Waals surface area contributed by atoms with Gasteiger partial charge in [-0.2, -0.15) is 0 Å². The number of nitrogens with zero attached hydrogens (tertiary/aromatic N) is 1. The summed E-state index contributed by atoms with van der Waals surface area (Å²) in [6, 6.07) is 5.89. The molecule has 1 aromatic carbocycles. The average molecular weight is 349 g/mol. The Bertz CT molecular complexity index is 720. The Morgan fingerprint density at radius 2 is 1.83 bits per heavy atom. The fraction of sp³-hybridized carbons (Fsp3) is 0.353. The Labute approximate surface area is 144 Å². The van der Waals surface area contributed by atoms with Crippen LogP contribution in [0.3, 0.4) is 0 Å². The van der Waals surface area contributed by atoms with Gasteiger partial charge in [0, 0.05) is 12.0 Å². The molecule has 1 heterocycles. The Morgan fingerprint density at radius 3 is 2.46 bits per heavy atom. The molecule has 0 atom stereocenters. The lowest BCUT2D eigenvalue weighted by atomic mass is 9.92. The van der Waals surface area contributed by atoms with Crippen molar-refractivity contribution in [2.45, 2.75) is 27.2 Å². The van der Waals surface area contributed by atoms with Crippen molar-refractivity contribution in [2.24, 2.45) is 5.41 Å². The third-order valence-corrected chi connectivity index (χ3v) is 3.82. The second kappa shape index (κ2) is 7.53. The summed E-state index contributed by atoms with van der Waals surface area (Å²) in [4.78, 5) is 28.0. The van der Waals surface area contributed by atoms with Gasteiger partial charge in [0.2, 0.25) is 11.8 Å². The van der Waals surface area contributed by atoms with Crippen LogP contribution < -0.4 is 10.6 Å². The van der Waals surface area contributed by atoms with Crippen molar-refractivity contribution in [3.63, 3.8) is 0 Å². The van der Waals surface area contributed by atoms with Gasteiger partial charge >= 0.3 is 0 Å². The highest BCUT2D eigenvalue weighted by Crippen LogP contribution is 2.30. The molecule has 0 aliphatic rings. The highest BCUT2D eigenvalue weighted by atomic mass is 32.1. The molecule has 2 amide bonds. The number of nitrogens with one attached hydrogen (secondary N) is 2. The Kier molecular flexibility index (Phi) is 5.66. The van der Waals surface area contributed by atoms with Crippen molar-refractivity contribution >= 4 is 28.2 Å². The van der Waals surface area contributed by atoms with Gasteiger partial charge in [-0.25, -0.2) is 9.37 Å². The lowest BCUT2D eigenvalue weighted by Crippen LogP contribution is -2.34. The number of benzene rings is 1. The van der Waals surface area contributed by atoms with E-state index in [4.69, 9.17) is 0 Å². The second-order valence-corrected chi connectivity index (χ2v) is 7.45. The molecule has 0 fully saturated rings. The molecule has 0 spiro atoms. The number of carbonyl (C=O) groups excluding carboxylic acids is 2. The standard InChI is InChI=1S/C17H20FN3O2S/c1-17(2,3)8-13(22)19-9-14(23)21-16-15(20-10-24-16)11-4-6-12(18)7-5-11/h4-7,10H,8-9H2,1-3H3,(H,19,22)(H,21,23). The van der Waals surface area contributed by atoms with Gasteiger partial charge in [-0.15, -0.1) is 11.3 Å². The van der Waals surface area contributed by atoms with Gasteiger partial charge in [0.05, 0.1) is 12.1 Å². The van der Waals surface area contributed by atoms with Crippen LogP contribution in [0, 0.1) is 11.2 Å². The van der Waals surface area contributed by atoms with Gasteiger partial charge in [0.15, 0.2) is 0 Å². The lowest BCUT2D eigenvalue weighted by Gasteiger charge is -2.17. The number of aromatic nitrogens is 1. The maximum absolute atomic E-state index is 13.0. The normalized spacial score (nSPS) is 11.2. The molecule has 2 aromatic rings. The molecule has 0 unspecified atom stereocenters. The highest BCUT2D eigenvalue weighted by Gasteiger charge is 2.17. The van der Waals surface area contributed by atoms with E-state index < -0.39 is 0 Å². The summed E-state index contributed by atoms with van der Waals surface area (Å²) in [6.45, 7) is 5.77. The second-order valence-electron chi connectivity index (χ2n) is 6.60. The summed E-state index contributed by atoms with van der Waals surface area (Å²) in [5, 5.41) is 5.90. The van der Waals surface area contributed by atoms with E-state index in [9.17, 15) is 14.0 Å². The summed E-state index contributed by atoms with van der Waals surface area (Å²) in [6.07, 6.45) is 0.349. The van der Waals surface area contributed by atoms with E-state index in [0.717, 1.165) is 0 Å². The number of hydrogen-bond acceptors (Lipinski definition) is 4. The molecule has 7 heteroatoms. The maximum Gasteiger partial charge on any atom is 0.244 e. The fourth-order valence-corrected chi connectivity index (χ4v) is 2.76. The number of rotatable bonds is 5. The minimum Gasteiger partial charge on any atom is -0.347 e. The zero-order valence-electron chi connectivity index (χ0n) is 13.9. The van der Waals surface area contributed by atoms with E-state index in [-0.39, 0.29) is 29.6 Å². The molecule has 5 nitrogen and oxygen atoms in total. The van der Waals surface area contributed by atoms with Gasteiger partial charge in [-0.05, 0) is 29.7 Å². The third-order valence-electron chi connectivity index (χ3n) is 3.08. The molecule has 24 heavy (non-hydrogen) atoms. The van der Waals surface area contributed by atoms with Crippen LogP contribution in [-0.4, -0.2) is 23.3 Å². The van der Waals surface area contributed by atoms with Crippen LogP contribution in [0.1, 0.15) is 27.2 Å². The minimum absolute atomic E-state index is 0.102. The molecular weight excluding hydrogens is 329 g/mol. The zero-order valence-corrected chi connectivity index (χ0v) is 14.7. The Hall–Kier alpha value is -2.28. The topological polar surface area (TPSA) is 71.1 Å². The van der Waals surface area contributed by atoms with Gasteiger partial charge in [-0.1, -0.05) is 20.8 Å². The zero-order chi connectivity index (χ0) is 17.7. The Morgan fingerprint density at radius 1 is 1.17 bits per heavy atom. The van der Waals surface area contributed by atoms with Crippen LogP contribution in [-0.2, 0) is 9.59 Å². The van der Waals surface area contributed by atoms with E-state index in [0.29, 0.717) is 22.7 Å². The summed E-state index contributed by atoms with van der Waals surface area (Å²) < 4.78 is 13.0. The predicted molar refractivity (Wildman–Crippen MR) is 93.2 cm³/mol. The van der Waals surface area contributed by atoms with E-state index in [2.05, 4.69) is 15.6 Å². The summed E-state index contributed by atoms with van der Waals surface area (Å²) in [5.41, 5.74) is 2.76. The average Bonchev–Trinajstić information content (AvgIpc) is 2.92. The van der Waals surface area contributed by atoms with Crippen molar-refractivity contribution in [3.05, 3.63) is 35.6 Å². The molecule has 0 aliphatic carbocycles. The van der Waals surface area contributed by atoms with Crippen LogP contribution in [0.5, 0.6) is 0 Å². The van der Waals surface area contributed by atoms with Crippen molar-refractivity contribution in [2.75, 3.05) is 11.9 Å². The first-order valence-corrected chi connectivity index (χ1v) is 8.38. The van der Waals surface area contributed by atoms with Crippen molar-refractivity contribution in [3.8, 4) is 11.3 Å². The van der Waals surface area contributed by atoms with Crippen LogP contribution in [0.25, 0.3) is 11.3 Å². The quantitative estimate of drug-likeness (QED) is 0.869. The molecular formula is C17H20FN3O2S. The summed E-state index contributed by atoms with van der Waals surface area (Å²) in [5.74, 6) is -0.827. The van der Waals surface area contributed by atoms with Gasteiger partial charge in [0.25, 0.3) is 0 Å². The highest BCUT2D eigenvalue weighted by molar-refractivity contribution is 7.14. The van der Waals surface area contributed by atoms with E-state index in [1.54, 1.807) is 17.6 Å². The summed E-state index contributed by atoms with van der Waals surface area (Å²) >= 11 is 1.27. The van der Waals surface area contributed by atoms with E-state index in [1.165, 1.54) is 23.5 Å². The van der Waals surface area contributed by atoms with E-state index >= 15 is 0 Å². The molecule has 2 N–H and O–H groups in total. The van der Waals surface area contributed by atoms with Crippen molar-refractivity contribution in [1.29, 1.82) is 0 Å². The first-order valence-electron chi connectivity index (χ1n) is 7.50. The molecule has 0 bridgehead atoms. The van der Waals surface area contributed by atoms with Gasteiger partial charge in [-0.3, -0.25) is 9.59 Å². The number of carbonyl (C=O) groups is 2. The van der Waals surface area contributed by atoms with Crippen molar-refractivity contribution in [1.82, 2.24) is 10.3 Å².